The first-order chi connectivity index (χ1) is 13.7. The summed E-state index contributed by atoms with van der Waals surface area (Å²) in [5.74, 6) is -1.09. The van der Waals surface area contributed by atoms with E-state index in [1.54, 1.807) is 12.1 Å². The van der Waals surface area contributed by atoms with Gasteiger partial charge in [-0.1, -0.05) is 6.07 Å². The summed E-state index contributed by atoms with van der Waals surface area (Å²) in [4.78, 5) is 29.5. The lowest BCUT2D eigenvalue weighted by molar-refractivity contribution is -0.135. The Balaban J connectivity index is 2.78. The molecule has 0 aliphatic heterocycles. The zero-order chi connectivity index (χ0) is 21.8. The molecule has 1 aromatic carbocycles. The molecule has 0 aromatic heterocycles. The number of ether oxygens (including phenoxy) is 1. The van der Waals surface area contributed by atoms with Crippen LogP contribution >= 0.6 is 0 Å². The van der Waals surface area contributed by atoms with Gasteiger partial charge in [0.1, 0.15) is 5.92 Å². The van der Waals surface area contributed by atoms with Gasteiger partial charge in [-0.15, -0.1) is 0 Å². The van der Waals surface area contributed by atoms with Gasteiger partial charge in [-0.3, -0.25) is 9.59 Å². The maximum absolute atomic E-state index is 12.7. The minimum absolute atomic E-state index is 0.0223. The van der Waals surface area contributed by atoms with Gasteiger partial charge in [-0.2, -0.15) is 0 Å². The third-order valence-corrected chi connectivity index (χ3v) is 4.48. The Morgan fingerprint density at radius 1 is 1.00 bits per heavy atom. The number of benzene rings is 1. The summed E-state index contributed by atoms with van der Waals surface area (Å²) >= 11 is 0. The van der Waals surface area contributed by atoms with Crippen LogP contribution in [0.3, 0.4) is 0 Å². The van der Waals surface area contributed by atoms with Crippen LogP contribution in [-0.2, 0) is 16.0 Å². The van der Waals surface area contributed by atoms with Crippen molar-refractivity contribution in [3.8, 4) is 11.5 Å². The third-order valence-electron chi connectivity index (χ3n) is 4.48. The number of carbonyl (C=O) groups is 2. The van der Waals surface area contributed by atoms with Crippen LogP contribution in [0.25, 0.3) is 0 Å². The third kappa shape index (κ3) is 9.62. The molecule has 29 heavy (non-hydrogen) atoms. The number of aromatic hydroxyl groups is 1. The molecule has 0 heterocycles. The molecule has 0 bridgehead atoms. The topological polar surface area (TPSA) is 94.1 Å². The highest BCUT2D eigenvalue weighted by atomic mass is 16.5. The van der Waals surface area contributed by atoms with Gasteiger partial charge in [-0.05, 0) is 78.2 Å². The van der Waals surface area contributed by atoms with Gasteiger partial charge in [0.15, 0.2) is 11.5 Å². The number of phenolic OH excluding ortho intramolecular Hbond substituents is 1. The van der Waals surface area contributed by atoms with Crippen molar-refractivity contribution in [2.75, 3.05) is 61.5 Å². The van der Waals surface area contributed by atoms with E-state index in [1.165, 1.54) is 13.2 Å². The van der Waals surface area contributed by atoms with E-state index in [9.17, 15) is 14.7 Å². The first-order valence-electron chi connectivity index (χ1n) is 9.95. The smallest absolute Gasteiger partial charge is 0.232 e. The zero-order valence-electron chi connectivity index (χ0n) is 18.3. The second-order valence-corrected chi connectivity index (χ2v) is 7.66. The quantitative estimate of drug-likeness (QED) is 0.329. The standard InChI is InChI=1S/C21H36N4O4/c1-24(2)12-6-10-22-20(27)17(21(28)23-11-7-13-25(3)4)14-16-8-9-18(26)19(15-16)29-5/h8-9,15,17,26H,6-7,10-14H2,1-5H3,(H,22,27)(H,23,28). The fourth-order valence-corrected chi connectivity index (χ4v) is 2.85. The number of nitrogens with zero attached hydrogens (tertiary/aromatic N) is 2. The van der Waals surface area contributed by atoms with E-state index in [4.69, 9.17) is 4.74 Å². The predicted molar refractivity (Wildman–Crippen MR) is 114 cm³/mol. The van der Waals surface area contributed by atoms with E-state index in [0.717, 1.165) is 31.5 Å². The molecular weight excluding hydrogens is 372 g/mol. The van der Waals surface area contributed by atoms with Crippen LogP contribution in [0, 0.1) is 5.92 Å². The van der Waals surface area contributed by atoms with Crippen LogP contribution in [0.15, 0.2) is 18.2 Å². The molecule has 0 spiro atoms. The summed E-state index contributed by atoms with van der Waals surface area (Å²) in [5.41, 5.74) is 0.747. The van der Waals surface area contributed by atoms with Crippen molar-refractivity contribution in [2.45, 2.75) is 19.3 Å². The number of hydrogen-bond donors (Lipinski definition) is 3. The molecule has 2 amide bonds. The molecule has 0 saturated carbocycles. The van der Waals surface area contributed by atoms with Gasteiger partial charge in [0.25, 0.3) is 0 Å². The molecule has 3 N–H and O–H groups in total. The van der Waals surface area contributed by atoms with Gasteiger partial charge < -0.3 is 30.3 Å². The van der Waals surface area contributed by atoms with Crippen LogP contribution in [0.1, 0.15) is 18.4 Å². The Labute approximate surface area is 174 Å². The molecule has 0 aliphatic carbocycles. The number of carbonyl (C=O) groups excluding carboxylic acids is 2. The Hall–Kier alpha value is -2.32. The average Bonchev–Trinajstić information content (AvgIpc) is 2.67. The number of rotatable bonds is 13. The SMILES string of the molecule is COc1cc(CC(C(=O)NCCCN(C)C)C(=O)NCCCN(C)C)ccc1O. The first-order valence-corrected chi connectivity index (χ1v) is 9.95. The summed E-state index contributed by atoms with van der Waals surface area (Å²) in [7, 11) is 9.37. The van der Waals surface area contributed by atoms with Crippen molar-refractivity contribution in [1.82, 2.24) is 20.4 Å². The average molecular weight is 409 g/mol. The lowest BCUT2D eigenvalue weighted by Crippen LogP contribution is -2.43. The molecule has 0 fully saturated rings. The Kier molecular flexibility index (Phi) is 11.1. The maximum atomic E-state index is 12.7. The van der Waals surface area contributed by atoms with E-state index in [-0.39, 0.29) is 24.0 Å². The van der Waals surface area contributed by atoms with Crippen LogP contribution in [-0.4, -0.2) is 88.2 Å². The molecule has 0 atom stereocenters. The zero-order valence-corrected chi connectivity index (χ0v) is 18.3. The van der Waals surface area contributed by atoms with Gasteiger partial charge in [-0.25, -0.2) is 0 Å². The van der Waals surface area contributed by atoms with E-state index >= 15 is 0 Å². The number of nitrogens with one attached hydrogen (secondary N) is 2. The molecule has 1 aromatic rings. The van der Waals surface area contributed by atoms with E-state index in [0.29, 0.717) is 18.8 Å². The van der Waals surface area contributed by atoms with Crippen molar-refractivity contribution < 1.29 is 19.4 Å². The van der Waals surface area contributed by atoms with Crippen molar-refractivity contribution in [3.05, 3.63) is 23.8 Å². The lowest BCUT2D eigenvalue weighted by Gasteiger charge is -2.18. The maximum Gasteiger partial charge on any atom is 0.232 e. The summed E-state index contributed by atoms with van der Waals surface area (Å²) in [6.45, 7) is 2.74. The Morgan fingerprint density at radius 2 is 1.52 bits per heavy atom. The van der Waals surface area contributed by atoms with Crippen LogP contribution in [0.2, 0.25) is 0 Å². The van der Waals surface area contributed by atoms with Crippen LogP contribution in [0.5, 0.6) is 11.5 Å². The molecule has 0 saturated heterocycles. The van der Waals surface area contributed by atoms with Gasteiger partial charge >= 0.3 is 0 Å². The van der Waals surface area contributed by atoms with E-state index in [2.05, 4.69) is 10.6 Å². The molecule has 8 heteroatoms. The fourth-order valence-electron chi connectivity index (χ4n) is 2.85. The predicted octanol–water partition coefficient (Wildman–Crippen LogP) is 0.695. The van der Waals surface area contributed by atoms with Gasteiger partial charge in [0.05, 0.1) is 7.11 Å². The molecule has 0 unspecified atom stereocenters. The van der Waals surface area contributed by atoms with Crippen molar-refractivity contribution >= 4 is 11.8 Å². The molecule has 0 radical (unpaired) electrons. The Bertz CT molecular complexity index is 622. The van der Waals surface area contributed by atoms with Crippen molar-refractivity contribution in [1.29, 1.82) is 0 Å². The van der Waals surface area contributed by atoms with Crippen molar-refractivity contribution in [2.24, 2.45) is 5.92 Å². The molecule has 1 rings (SSSR count). The summed E-state index contributed by atoms with van der Waals surface area (Å²) in [6, 6.07) is 4.86. The van der Waals surface area contributed by atoms with Crippen molar-refractivity contribution in [3.63, 3.8) is 0 Å². The van der Waals surface area contributed by atoms with Crippen LogP contribution < -0.4 is 15.4 Å². The minimum Gasteiger partial charge on any atom is -0.504 e. The molecular formula is C21H36N4O4. The second-order valence-electron chi connectivity index (χ2n) is 7.66. The molecule has 8 nitrogen and oxygen atoms in total. The normalized spacial score (nSPS) is 11.2. The highest BCUT2D eigenvalue weighted by Crippen LogP contribution is 2.27. The van der Waals surface area contributed by atoms with Gasteiger partial charge in [0.2, 0.25) is 11.8 Å². The van der Waals surface area contributed by atoms with Crippen LogP contribution in [0.4, 0.5) is 0 Å². The van der Waals surface area contributed by atoms with Gasteiger partial charge in [0, 0.05) is 13.1 Å². The second kappa shape index (κ2) is 13.0. The molecule has 164 valence electrons. The lowest BCUT2D eigenvalue weighted by atomic mass is 9.97. The highest BCUT2D eigenvalue weighted by Gasteiger charge is 2.27. The number of phenols is 1. The van der Waals surface area contributed by atoms with E-state index in [1.807, 2.05) is 38.0 Å². The van der Waals surface area contributed by atoms with E-state index < -0.39 is 5.92 Å². The summed E-state index contributed by atoms with van der Waals surface area (Å²) in [6.07, 6.45) is 1.85. The first kappa shape index (κ1) is 24.7. The summed E-state index contributed by atoms with van der Waals surface area (Å²) < 4.78 is 5.13. The Morgan fingerprint density at radius 3 is 1.97 bits per heavy atom. The fraction of sp³-hybridized carbons (Fsp3) is 0.619. The highest BCUT2D eigenvalue weighted by molar-refractivity contribution is 6.00. The number of methoxy groups -OCH3 is 1. The largest absolute Gasteiger partial charge is 0.504 e. The number of hydrogen-bond acceptors (Lipinski definition) is 6. The molecule has 0 aliphatic rings. The summed E-state index contributed by atoms with van der Waals surface area (Å²) in [5, 5.41) is 15.5. The monoisotopic (exact) mass is 408 g/mol. The number of amides is 2. The minimum atomic E-state index is -0.844.